The minimum Gasteiger partial charge on any atom is -0.358 e. The Morgan fingerprint density at radius 2 is 2.00 bits per heavy atom. The van der Waals surface area contributed by atoms with Crippen molar-refractivity contribution in [1.29, 1.82) is 0 Å². The molecule has 3 aromatic rings. The highest BCUT2D eigenvalue weighted by Gasteiger charge is 2.19. The van der Waals surface area contributed by atoms with E-state index in [1.54, 1.807) is 24.4 Å². The van der Waals surface area contributed by atoms with Crippen LogP contribution in [0.15, 0.2) is 53.1 Å². The Bertz CT molecular complexity index is 1030. The van der Waals surface area contributed by atoms with Gasteiger partial charge in [0, 0.05) is 11.3 Å². The summed E-state index contributed by atoms with van der Waals surface area (Å²) in [7, 11) is 0. The molecule has 0 radical (unpaired) electrons. The van der Waals surface area contributed by atoms with E-state index in [9.17, 15) is 14.9 Å². The van der Waals surface area contributed by atoms with Gasteiger partial charge in [0.1, 0.15) is 4.47 Å². The van der Waals surface area contributed by atoms with Crippen molar-refractivity contribution in [3.63, 3.8) is 0 Å². The second-order valence-electron chi connectivity index (χ2n) is 6.16. The molecule has 8 heteroatoms. The number of nitrogens with zero attached hydrogens (tertiary/aromatic N) is 3. The highest BCUT2D eigenvalue weighted by molar-refractivity contribution is 9.10. The van der Waals surface area contributed by atoms with Gasteiger partial charge >= 0.3 is 5.82 Å². The van der Waals surface area contributed by atoms with Crippen LogP contribution in [0.3, 0.4) is 0 Å². The lowest BCUT2D eigenvalue weighted by molar-refractivity contribution is -0.390. The van der Waals surface area contributed by atoms with Gasteiger partial charge in [-0.2, -0.15) is 4.68 Å². The molecule has 3 rings (SSSR count). The number of aryl methyl sites for hydroxylation is 1. The molecule has 0 fully saturated rings. The molecule has 0 aliphatic rings. The fourth-order valence-corrected chi connectivity index (χ4v) is 3.13. The first kappa shape index (κ1) is 18.8. The van der Waals surface area contributed by atoms with Crippen molar-refractivity contribution in [3.8, 4) is 0 Å². The monoisotopic (exact) mass is 428 g/mol. The molecule has 1 N–H and O–H groups in total. The Balaban J connectivity index is 1.79. The minimum atomic E-state index is -0.547. The van der Waals surface area contributed by atoms with Crippen molar-refractivity contribution >= 4 is 33.3 Å². The number of benzene rings is 2. The predicted molar refractivity (Wildman–Crippen MR) is 106 cm³/mol. The fraction of sp³-hybridized carbons (Fsp3) is 0.158. The molecule has 0 aliphatic heterocycles. The van der Waals surface area contributed by atoms with Crippen LogP contribution in [0.4, 0.5) is 11.5 Å². The maximum Gasteiger partial charge on any atom is 0.404 e. The maximum atomic E-state index is 12.6. The van der Waals surface area contributed by atoms with Gasteiger partial charge in [-0.05, 0) is 69.6 Å². The molecular formula is C19H17BrN4O3. The quantitative estimate of drug-likeness (QED) is 0.479. The third-order valence-corrected chi connectivity index (χ3v) is 4.82. The molecule has 1 amide bonds. The van der Waals surface area contributed by atoms with Gasteiger partial charge < -0.3 is 15.4 Å². The van der Waals surface area contributed by atoms with E-state index in [1.165, 1.54) is 4.68 Å². The molecule has 7 nitrogen and oxygen atoms in total. The van der Waals surface area contributed by atoms with Crippen LogP contribution in [-0.4, -0.2) is 20.6 Å². The number of anilines is 1. The number of nitrogens with one attached hydrogen (secondary N) is 1. The van der Waals surface area contributed by atoms with Gasteiger partial charge in [0.2, 0.25) is 0 Å². The summed E-state index contributed by atoms with van der Waals surface area (Å²) in [6.45, 7) is 4.27. The van der Waals surface area contributed by atoms with Gasteiger partial charge in [-0.15, -0.1) is 0 Å². The van der Waals surface area contributed by atoms with Crippen molar-refractivity contribution < 1.29 is 9.72 Å². The molecule has 1 heterocycles. The Morgan fingerprint density at radius 1 is 1.26 bits per heavy atom. The van der Waals surface area contributed by atoms with Crippen LogP contribution < -0.4 is 5.32 Å². The van der Waals surface area contributed by atoms with E-state index >= 15 is 0 Å². The molecular weight excluding hydrogens is 412 g/mol. The molecule has 0 saturated heterocycles. The van der Waals surface area contributed by atoms with Gasteiger partial charge in [0.25, 0.3) is 5.91 Å². The van der Waals surface area contributed by atoms with Crippen molar-refractivity contribution in [2.45, 2.75) is 20.4 Å². The molecule has 0 bridgehead atoms. The zero-order valence-corrected chi connectivity index (χ0v) is 16.4. The van der Waals surface area contributed by atoms with Crippen molar-refractivity contribution in [1.82, 2.24) is 9.78 Å². The molecule has 0 unspecified atom stereocenters. The highest BCUT2D eigenvalue weighted by atomic mass is 79.9. The van der Waals surface area contributed by atoms with E-state index in [0.717, 1.165) is 22.4 Å². The first-order chi connectivity index (χ1) is 12.8. The number of carbonyl (C=O) groups excluding carboxylic acids is 1. The van der Waals surface area contributed by atoms with Crippen LogP contribution in [0.2, 0.25) is 0 Å². The van der Waals surface area contributed by atoms with Crippen LogP contribution in [0.1, 0.15) is 27.0 Å². The standard InChI is InChI=1S/C19H17BrN4O3/c1-12-5-3-8-17(13(12)2)21-19(25)15-7-4-6-14(9-15)10-23-11-16(20)18(22-23)24(26)27/h3-9,11H,10H2,1-2H3,(H,21,25). The Hall–Kier alpha value is -3.00. The Labute approximate surface area is 164 Å². The van der Waals surface area contributed by atoms with Gasteiger partial charge in [0.05, 0.1) is 17.8 Å². The molecule has 0 saturated carbocycles. The second-order valence-corrected chi connectivity index (χ2v) is 7.01. The average Bonchev–Trinajstić information content (AvgIpc) is 2.99. The van der Waals surface area contributed by atoms with E-state index in [4.69, 9.17) is 0 Å². The smallest absolute Gasteiger partial charge is 0.358 e. The Morgan fingerprint density at radius 3 is 2.70 bits per heavy atom. The SMILES string of the molecule is Cc1cccc(NC(=O)c2cccc(Cn3cc(Br)c([N+](=O)[O-])n3)c2)c1C. The maximum absolute atomic E-state index is 12.6. The van der Waals surface area contributed by atoms with E-state index in [1.807, 2.05) is 38.1 Å². The molecule has 138 valence electrons. The van der Waals surface area contributed by atoms with E-state index < -0.39 is 4.92 Å². The summed E-state index contributed by atoms with van der Waals surface area (Å²) in [4.78, 5) is 23.0. The van der Waals surface area contributed by atoms with E-state index in [2.05, 4.69) is 26.3 Å². The van der Waals surface area contributed by atoms with Crippen molar-refractivity contribution in [3.05, 3.63) is 85.5 Å². The number of halogens is 1. The molecule has 2 aromatic carbocycles. The number of carbonyl (C=O) groups is 1. The topological polar surface area (TPSA) is 90.1 Å². The van der Waals surface area contributed by atoms with Crippen LogP contribution in [0.25, 0.3) is 0 Å². The minimum absolute atomic E-state index is 0.210. The fourth-order valence-electron chi connectivity index (χ4n) is 2.67. The lowest BCUT2D eigenvalue weighted by atomic mass is 10.1. The number of hydrogen-bond acceptors (Lipinski definition) is 4. The molecule has 0 atom stereocenters. The second kappa shape index (κ2) is 7.71. The lowest BCUT2D eigenvalue weighted by Gasteiger charge is -2.11. The lowest BCUT2D eigenvalue weighted by Crippen LogP contribution is -2.13. The van der Waals surface area contributed by atoms with Gasteiger partial charge in [-0.1, -0.05) is 24.3 Å². The Kier molecular flexibility index (Phi) is 5.36. The van der Waals surface area contributed by atoms with Crippen LogP contribution in [0, 0.1) is 24.0 Å². The van der Waals surface area contributed by atoms with Crippen molar-refractivity contribution in [2.24, 2.45) is 0 Å². The summed E-state index contributed by atoms with van der Waals surface area (Å²) >= 11 is 3.13. The largest absolute Gasteiger partial charge is 0.404 e. The third kappa shape index (κ3) is 4.22. The van der Waals surface area contributed by atoms with E-state index in [0.29, 0.717) is 16.6 Å². The first-order valence-corrected chi connectivity index (χ1v) is 8.98. The third-order valence-electron chi connectivity index (χ3n) is 4.26. The molecule has 1 aromatic heterocycles. The number of rotatable bonds is 5. The van der Waals surface area contributed by atoms with Crippen LogP contribution in [0.5, 0.6) is 0 Å². The van der Waals surface area contributed by atoms with E-state index in [-0.39, 0.29) is 11.7 Å². The van der Waals surface area contributed by atoms with Crippen LogP contribution in [-0.2, 0) is 6.54 Å². The normalized spacial score (nSPS) is 10.6. The zero-order valence-electron chi connectivity index (χ0n) is 14.8. The predicted octanol–water partition coefficient (Wildman–Crippen LogP) is 4.47. The highest BCUT2D eigenvalue weighted by Crippen LogP contribution is 2.23. The van der Waals surface area contributed by atoms with Gasteiger partial charge in [0.15, 0.2) is 0 Å². The molecule has 0 spiro atoms. The first-order valence-electron chi connectivity index (χ1n) is 8.19. The zero-order chi connectivity index (χ0) is 19.6. The van der Waals surface area contributed by atoms with Gasteiger partial charge in [-0.3, -0.25) is 4.79 Å². The summed E-state index contributed by atoms with van der Waals surface area (Å²) in [6, 6.07) is 12.9. The number of amides is 1. The summed E-state index contributed by atoms with van der Waals surface area (Å²) < 4.78 is 1.78. The van der Waals surface area contributed by atoms with Crippen LogP contribution >= 0.6 is 15.9 Å². The number of hydrogen-bond donors (Lipinski definition) is 1. The number of nitro groups is 1. The van der Waals surface area contributed by atoms with Crippen molar-refractivity contribution in [2.75, 3.05) is 5.32 Å². The number of aromatic nitrogens is 2. The summed E-state index contributed by atoms with van der Waals surface area (Å²) in [5.41, 5.74) is 4.22. The summed E-state index contributed by atoms with van der Waals surface area (Å²) in [6.07, 6.45) is 1.54. The molecule has 27 heavy (non-hydrogen) atoms. The summed E-state index contributed by atoms with van der Waals surface area (Å²) in [5, 5.41) is 17.8. The van der Waals surface area contributed by atoms with Gasteiger partial charge in [-0.25, -0.2) is 0 Å². The average molecular weight is 429 g/mol. The molecule has 0 aliphatic carbocycles. The summed E-state index contributed by atoms with van der Waals surface area (Å²) in [5.74, 6) is -0.447.